The summed E-state index contributed by atoms with van der Waals surface area (Å²) < 4.78 is 3.76. The Morgan fingerprint density at radius 3 is 2.70 bits per heavy atom. The van der Waals surface area contributed by atoms with Gasteiger partial charge in [-0.25, -0.2) is 4.98 Å². The smallest absolute Gasteiger partial charge is 0.139 e. The van der Waals surface area contributed by atoms with Crippen molar-refractivity contribution in [1.82, 2.24) is 9.38 Å². The van der Waals surface area contributed by atoms with Crippen molar-refractivity contribution in [1.29, 1.82) is 0 Å². The molecule has 0 amide bonds. The highest BCUT2D eigenvalue weighted by Crippen LogP contribution is 2.35. The third-order valence-corrected chi connectivity index (χ3v) is 4.88. The third kappa shape index (κ3) is 2.24. The van der Waals surface area contributed by atoms with Gasteiger partial charge in [0.1, 0.15) is 17.2 Å². The second-order valence-corrected chi connectivity index (χ2v) is 6.65. The highest BCUT2D eigenvalue weighted by atomic mass is 79.9. The number of nitrogen functional groups attached to an aromatic ring is 1. The van der Waals surface area contributed by atoms with Gasteiger partial charge in [0, 0.05) is 25.7 Å². The van der Waals surface area contributed by atoms with Crippen molar-refractivity contribution >= 4 is 54.9 Å². The van der Waals surface area contributed by atoms with Crippen LogP contribution >= 0.6 is 43.5 Å². The Bertz CT molecular complexity index is 827. The largest absolute Gasteiger partial charge is 0.383 e. The van der Waals surface area contributed by atoms with Gasteiger partial charge >= 0.3 is 0 Å². The van der Waals surface area contributed by atoms with Gasteiger partial charge in [-0.15, -0.1) is 0 Å². The Kier molecular flexibility index (Phi) is 3.52. The number of imidazole rings is 1. The molecule has 3 aromatic rings. The second kappa shape index (κ2) is 5.06. The summed E-state index contributed by atoms with van der Waals surface area (Å²) >= 11 is 13.1. The van der Waals surface area contributed by atoms with Gasteiger partial charge in [0.25, 0.3) is 0 Å². The number of benzene rings is 1. The van der Waals surface area contributed by atoms with Crippen LogP contribution in [-0.4, -0.2) is 9.38 Å². The van der Waals surface area contributed by atoms with E-state index >= 15 is 0 Å². The Hall–Kier alpha value is -1.04. The topological polar surface area (TPSA) is 43.3 Å². The molecule has 3 rings (SSSR count). The standard InChI is InChI=1S/C14H10Br2ClN3/c1-7-4-12-19-13(14(18)20(12)6-11(7)16)9-5-8(17)2-3-10(9)15/h2-6H,18H2,1H3. The van der Waals surface area contributed by atoms with E-state index in [0.29, 0.717) is 10.8 Å². The number of nitrogens with two attached hydrogens (primary N) is 1. The van der Waals surface area contributed by atoms with Gasteiger partial charge < -0.3 is 5.73 Å². The predicted octanol–water partition coefficient (Wildman–Crippen LogP) is 5.07. The molecule has 0 atom stereocenters. The molecule has 2 heterocycles. The molecular formula is C14H10Br2ClN3. The first-order chi connectivity index (χ1) is 9.47. The maximum atomic E-state index is 6.22. The second-order valence-electron chi connectivity index (χ2n) is 4.50. The van der Waals surface area contributed by atoms with Crippen LogP contribution in [0.3, 0.4) is 0 Å². The molecule has 0 bridgehead atoms. The average molecular weight is 416 g/mol. The summed E-state index contributed by atoms with van der Waals surface area (Å²) in [7, 11) is 0. The van der Waals surface area contributed by atoms with E-state index in [1.807, 2.05) is 41.8 Å². The summed E-state index contributed by atoms with van der Waals surface area (Å²) in [4.78, 5) is 4.61. The number of aromatic nitrogens is 2. The van der Waals surface area contributed by atoms with Gasteiger partial charge in [-0.05, 0) is 52.7 Å². The molecule has 20 heavy (non-hydrogen) atoms. The van der Waals surface area contributed by atoms with E-state index in [1.165, 1.54) is 0 Å². The van der Waals surface area contributed by atoms with Crippen LogP contribution in [0.1, 0.15) is 5.56 Å². The van der Waals surface area contributed by atoms with Crippen LogP contribution in [0.4, 0.5) is 5.82 Å². The van der Waals surface area contributed by atoms with Crippen molar-refractivity contribution in [2.75, 3.05) is 5.73 Å². The Labute approximate surface area is 138 Å². The van der Waals surface area contributed by atoms with E-state index in [0.717, 1.165) is 31.4 Å². The maximum Gasteiger partial charge on any atom is 0.139 e. The molecule has 0 radical (unpaired) electrons. The molecule has 3 nitrogen and oxygen atoms in total. The lowest BCUT2D eigenvalue weighted by Crippen LogP contribution is -1.95. The van der Waals surface area contributed by atoms with Crippen LogP contribution < -0.4 is 5.73 Å². The molecule has 1 aromatic carbocycles. The molecule has 0 aliphatic heterocycles. The molecule has 2 aromatic heterocycles. The Morgan fingerprint density at radius 2 is 1.95 bits per heavy atom. The summed E-state index contributed by atoms with van der Waals surface area (Å²) in [5.74, 6) is 0.587. The first-order valence-corrected chi connectivity index (χ1v) is 7.83. The van der Waals surface area contributed by atoms with Crippen LogP contribution in [0, 0.1) is 6.92 Å². The SMILES string of the molecule is Cc1cc2nc(-c3cc(Cl)ccc3Br)c(N)n2cc1Br. The van der Waals surface area contributed by atoms with Crippen molar-refractivity contribution in [3.05, 3.63) is 50.0 Å². The Morgan fingerprint density at radius 1 is 1.20 bits per heavy atom. The molecule has 0 aliphatic carbocycles. The zero-order valence-electron chi connectivity index (χ0n) is 10.5. The minimum Gasteiger partial charge on any atom is -0.383 e. The minimum atomic E-state index is 0.587. The molecule has 0 unspecified atom stereocenters. The van der Waals surface area contributed by atoms with Gasteiger partial charge in [-0.3, -0.25) is 4.40 Å². The van der Waals surface area contributed by atoms with Crippen LogP contribution in [0.15, 0.2) is 39.4 Å². The number of fused-ring (bicyclic) bond motifs is 1. The van der Waals surface area contributed by atoms with E-state index in [9.17, 15) is 0 Å². The normalized spacial score (nSPS) is 11.2. The van der Waals surface area contributed by atoms with Crippen LogP contribution in [0.2, 0.25) is 5.02 Å². The number of rotatable bonds is 1. The first-order valence-electron chi connectivity index (χ1n) is 5.86. The maximum absolute atomic E-state index is 6.22. The zero-order valence-corrected chi connectivity index (χ0v) is 14.4. The molecule has 2 N–H and O–H groups in total. The van der Waals surface area contributed by atoms with E-state index in [-0.39, 0.29) is 0 Å². The third-order valence-electron chi connectivity index (χ3n) is 3.12. The number of nitrogens with zero attached hydrogens (tertiary/aromatic N) is 2. The van der Waals surface area contributed by atoms with Crippen LogP contribution in [0.25, 0.3) is 16.9 Å². The van der Waals surface area contributed by atoms with Gasteiger partial charge in [0.05, 0.1) is 0 Å². The lowest BCUT2D eigenvalue weighted by atomic mass is 10.1. The molecule has 102 valence electrons. The lowest BCUT2D eigenvalue weighted by molar-refractivity contribution is 1.16. The van der Waals surface area contributed by atoms with E-state index < -0.39 is 0 Å². The van der Waals surface area contributed by atoms with Crippen molar-refractivity contribution in [2.45, 2.75) is 6.92 Å². The molecule has 0 saturated carbocycles. The number of halogens is 3. The van der Waals surface area contributed by atoms with Gasteiger partial charge in [0.2, 0.25) is 0 Å². The summed E-state index contributed by atoms with van der Waals surface area (Å²) in [5.41, 5.74) is 9.75. The van der Waals surface area contributed by atoms with Gasteiger partial charge in [-0.2, -0.15) is 0 Å². The molecule has 0 spiro atoms. The zero-order chi connectivity index (χ0) is 14.4. The van der Waals surface area contributed by atoms with Gasteiger partial charge in [-0.1, -0.05) is 27.5 Å². The summed E-state index contributed by atoms with van der Waals surface area (Å²) in [6.45, 7) is 2.02. The Balaban J connectivity index is 2.32. The fraction of sp³-hybridized carbons (Fsp3) is 0.0714. The number of aryl methyl sites for hydroxylation is 1. The van der Waals surface area contributed by atoms with E-state index in [1.54, 1.807) is 0 Å². The number of pyridine rings is 1. The fourth-order valence-corrected chi connectivity index (χ4v) is 2.98. The van der Waals surface area contributed by atoms with Crippen molar-refractivity contribution < 1.29 is 0 Å². The van der Waals surface area contributed by atoms with E-state index in [2.05, 4.69) is 36.8 Å². The van der Waals surface area contributed by atoms with Crippen LogP contribution in [0.5, 0.6) is 0 Å². The lowest BCUT2D eigenvalue weighted by Gasteiger charge is -2.04. The van der Waals surface area contributed by atoms with Crippen molar-refractivity contribution in [2.24, 2.45) is 0 Å². The predicted molar refractivity (Wildman–Crippen MR) is 90.2 cm³/mol. The number of hydrogen-bond donors (Lipinski definition) is 1. The highest BCUT2D eigenvalue weighted by Gasteiger charge is 2.15. The summed E-state index contributed by atoms with van der Waals surface area (Å²) in [5, 5.41) is 0.650. The van der Waals surface area contributed by atoms with Crippen molar-refractivity contribution in [3.63, 3.8) is 0 Å². The molecule has 0 fully saturated rings. The first kappa shape index (κ1) is 13.9. The average Bonchev–Trinajstić information content (AvgIpc) is 2.70. The fourth-order valence-electron chi connectivity index (χ4n) is 2.06. The molecular weight excluding hydrogens is 405 g/mol. The van der Waals surface area contributed by atoms with Gasteiger partial charge in [0.15, 0.2) is 0 Å². The number of anilines is 1. The quantitative estimate of drug-likeness (QED) is 0.603. The van der Waals surface area contributed by atoms with E-state index in [4.69, 9.17) is 17.3 Å². The summed E-state index contributed by atoms with van der Waals surface area (Å²) in [6.07, 6.45) is 1.93. The highest BCUT2D eigenvalue weighted by molar-refractivity contribution is 9.10. The molecule has 6 heteroatoms. The van der Waals surface area contributed by atoms with Crippen LogP contribution in [-0.2, 0) is 0 Å². The molecule has 0 aliphatic rings. The minimum absolute atomic E-state index is 0.587. The van der Waals surface area contributed by atoms with Crippen molar-refractivity contribution in [3.8, 4) is 11.3 Å². The number of hydrogen-bond acceptors (Lipinski definition) is 2. The monoisotopic (exact) mass is 413 g/mol. The molecule has 0 saturated heterocycles. The summed E-state index contributed by atoms with van der Waals surface area (Å²) in [6, 6.07) is 7.55.